The minimum absolute atomic E-state index is 0.000139. The number of rotatable bonds is 1. The molecule has 2 nitrogen and oxygen atoms in total. The van der Waals surface area contributed by atoms with E-state index in [0.717, 1.165) is 4.57 Å². The van der Waals surface area contributed by atoms with Crippen LogP contribution in [-0.2, 0) is 6.18 Å². The first-order chi connectivity index (χ1) is 10.8. The molecular formula is C17H11ClF3NO. The van der Waals surface area contributed by atoms with Crippen LogP contribution < -0.4 is 0 Å². The lowest BCUT2D eigenvalue weighted by atomic mass is 10.0. The fraction of sp³-hybridized carbons (Fsp3) is 0.118. The number of aromatic nitrogens is 1. The number of benzene rings is 2. The quantitative estimate of drug-likeness (QED) is 0.563. The molecule has 2 aromatic carbocycles. The highest BCUT2D eigenvalue weighted by Gasteiger charge is 2.39. The summed E-state index contributed by atoms with van der Waals surface area (Å²) in [7, 11) is 0. The highest BCUT2D eigenvalue weighted by molar-refractivity contribution is 6.30. The second-order valence-corrected chi connectivity index (χ2v) is 5.54. The van der Waals surface area contributed by atoms with Gasteiger partial charge in [0.25, 0.3) is 0 Å². The molecule has 0 spiro atoms. The first kappa shape index (κ1) is 15.6. The summed E-state index contributed by atoms with van der Waals surface area (Å²) in [5, 5.41) is 0.410. The maximum Gasteiger partial charge on any atom is 0.419 e. The van der Waals surface area contributed by atoms with Crippen LogP contribution in [0.25, 0.3) is 22.2 Å². The van der Waals surface area contributed by atoms with Gasteiger partial charge in [-0.1, -0.05) is 41.9 Å². The second-order valence-electron chi connectivity index (χ2n) is 5.10. The van der Waals surface area contributed by atoms with Gasteiger partial charge in [0.1, 0.15) is 0 Å². The van der Waals surface area contributed by atoms with E-state index in [4.69, 9.17) is 11.6 Å². The Morgan fingerprint density at radius 2 is 1.65 bits per heavy atom. The normalized spacial score (nSPS) is 11.9. The summed E-state index contributed by atoms with van der Waals surface area (Å²) in [5.41, 5.74) is -0.459. The number of alkyl halides is 3. The molecular weight excluding hydrogens is 327 g/mol. The molecule has 0 bridgehead atoms. The Hall–Kier alpha value is -2.27. The van der Waals surface area contributed by atoms with E-state index in [2.05, 4.69) is 0 Å². The van der Waals surface area contributed by atoms with Gasteiger partial charge in [0.15, 0.2) is 0 Å². The zero-order valence-electron chi connectivity index (χ0n) is 12.0. The summed E-state index contributed by atoms with van der Waals surface area (Å²) in [6, 6.07) is 12.0. The lowest BCUT2D eigenvalue weighted by Crippen LogP contribution is -2.11. The Morgan fingerprint density at radius 3 is 2.22 bits per heavy atom. The second kappa shape index (κ2) is 5.42. The largest absolute Gasteiger partial charge is 0.419 e. The average Bonchev–Trinajstić information content (AvgIpc) is 2.83. The van der Waals surface area contributed by atoms with Crippen molar-refractivity contribution in [3.63, 3.8) is 0 Å². The SMILES string of the molecule is CC(=O)n1c(-c2ccc(Cl)cc2)c(C(F)(F)F)c2ccccc21. The summed E-state index contributed by atoms with van der Waals surface area (Å²) in [6.07, 6.45) is -4.59. The third kappa shape index (κ3) is 2.61. The van der Waals surface area contributed by atoms with Gasteiger partial charge in [0.05, 0.1) is 16.8 Å². The third-order valence-electron chi connectivity index (χ3n) is 3.59. The smallest absolute Gasteiger partial charge is 0.279 e. The zero-order valence-corrected chi connectivity index (χ0v) is 12.7. The molecule has 3 aromatic rings. The minimum atomic E-state index is -4.59. The lowest BCUT2D eigenvalue weighted by Gasteiger charge is -2.12. The predicted molar refractivity (Wildman–Crippen MR) is 83.7 cm³/mol. The molecule has 118 valence electrons. The number of nitrogens with zero attached hydrogens (tertiary/aromatic N) is 1. The number of carbonyl (C=O) groups is 1. The Balaban J connectivity index is 2.49. The summed E-state index contributed by atoms with van der Waals surface area (Å²) >= 11 is 5.81. The summed E-state index contributed by atoms with van der Waals surface area (Å²) in [4.78, 5) is 12.0. The maximum atomic E-state index is 13.7. The summed E-state index contributed by atoms with van der Waals surface area (Å²) in [5.74, 6) is -0.485. The van der Waals surface area contributed by atoms with Gasteiger partial charge in [-0.2, -0.15) is 13.2 Å². The van der Waals surface area contributed by atoms with Gasteiger partial charge < -0.3 is 0 Å². The van der Waals surface area contributed by atoms with Crippen LogP contribution in [0.15, 0.2) is 48.5 Å². The van der Waals surface area contributed by atoms with Crippen molar-refractivity contribution in [1.29, 1.82) is 0 Å². The first-order valence-electron chi connectivity index (χ1n) is 6.78. The van der Waals surface area contributed by atoms with E-state index in [1.54, 1.807) is 6.07 Å². The molecule has 0 aliphatic carbocycles. The topological polar surface area (TPSA) is 22.0 Å². The molecule has 23 heavy (non-hydrogen) atoms. The van der Waals surface area contributed by atoms with Crippen molar-refractivity contribution in [3.8, 4) is 11.3 Å². The summed E-state index contributed by atoms with van der Waals surface area (Å²) in [6.45, 7) is 1.24. The standard InChI is InChI=1S/C17H11ClF3NO/c1-10(23)22-14-5-3-2-4-13(14)15(17(19,20)21)16(22)11-6-8-12(18)9-7-11/h2-9H,1H3. The van der Waals surface area contributed by atoms with Crippen LogP contribution in [0.2, 0.25) is 5.02 Å². The predicted octanol–water partition coefficient (Wildman–Crippen LogP) is 5.64. The lowest BCUT2D eigenvalue weighted by molar-refractivity contribution is -0.135. The van der Waals surface area contributed by atoms with Crippen LogP contribution in [0.3, 0.4) is 0 Å². The molecule has 0 radical (unpaired) electrons. The number of carbonyl (C=O) groups excluding carboxylic acids is 1. The van der Waals surface area contributed by atoms with Gasteiger partial charge in [0, 0.05) is 17.3 Å². The molecule has 0 fully saturated rings. The van der Waals surface area contributed by atoms with Crippen LogP contribution >= 0.6 is 11.6 Å². The highest BCUT2D eigenvalue weighted by atomic mass is 35.5. The number of halogens is 4. The first-order valence-corrected chi connectivity index (χ1v) is 7.16. The van der Waals surface area contributed by atoms with Crippen molar-refractivity contribution in [2.75, 3.05) is 0 Å². The van der Waals surface area contributed by atoms with Crippen LogP contribution in [0.4, 0.5) is 13.2 Å². The van der Waals surface area contributed by atoms with Gasteiger partial charge in [-0.25, -0.2) is 0 Å². The van der Waals surface area contributed by atoms with E-state index in [-0.39, 0.29) is 22.2 Å². The number of fused-ring (bicyclic) bond motifs is 1. The Kier molecular flexibility index (Phi) is 3.68. The number of para-hydroxylation sites is 1. The third-order valence-corrected chi connectivity index (χ3v) is 3.84. The van der Waals surface area contributed by atoms with Gasteiger partial charge in [-0.3, -0.25) is 9.36 Å². The molecule has 0 saturated heterocycles. The van der Waals surface area contributed by atoms with Gasteiger partial charge in [-0.05, 0) is 23.8 Å². The van der Waals surface area contributed by atoms with Crippen molar-refractivity contribution in [3.05, 3.63) is 59.1 Å². The van der Waals surface area contributed by atoms with Crippen molar-refractivity contribution in [2.45, 2.75) is 13.1 Å². The maximum absolute atomic E-state index is 13.7. The molecule has 0 saturated carbocycles. The van der Waals surface area contributed by atoms with Crippen molar-refractivity contribution >= 4 is 28.4 Å². The van der Waals surface area contributed by atoms with Crippen LogP contribution in [0, 0.1) is 0 Å². The fourth-order valence-corrected chi connectivity index (χ4v) is 2.86. The molecule has 0 N–H and O–H groups in total. The molecule has 0 amide bonds. The van der Waals surface area contributed by atoms with Crippen LogP contribution in [0.5, 0.6) is 0 Å². The molecule has 1 heterocycles. The van der Waals surface area contributed by atoms with E-state index in [1.807, 2.05) is 0 Å². The minimum Gasteiger partial charge on any atom is -0.279 e. The monoisotopic (exact) mass is 337 g/mol. The molecule has 1 aromatic heterocycles. The fourth-order valence-electron chi connectivity index (χ4n) is 2.74. The highest BCUT2D eigenvalue weighted by Crippen LogP contribution is 2.43. The van der Waals surface area contributed by atoms with Gasteiger partial charge >= 0.3 is 6.18 Å². The van der Waals surface area contributed by atoms with E-state index in [1.165, 1.54) is 49.4 Å². The Labute approximate surface area is 135 Å². The van der Waals surface area contributed by atoms with Crippen molar-refractivity contribution in [2.24, 2.45) is 0 Å². The molecule has 0 aliphatic rings. The molecule has 3 rings (SSSR count). The van der Waals surface area contributed by atoms with Crippen LogP contribution in [0.1, 0.15) is 17.3 Å². The molecule has 0 unspecified atom stereocenters. The zero-order chi connectivity index (χ0) is 16.8. The van der Waals surface area contributed by atoms with Gasteiger partial charge in [-0.15, -0.1) is 0 Å². The molecule has 6 heteroatoms. The Bertz CT molecular complexity index is 895. The molecule has 0 atom stereocenters. The van der Waals surface area contributed by atoms with Crippen molar-refractivity contribution < 1.29 is 18.0 Å². The van der Waals surface area contributed by atoms with Crippen molar-refractivity contribution in [1.82, 2.24) is 4.57 Å². The van der Waals surface area contributed by atoms with E-state index in [9.17, 15) is 18.0 Å². The molecule has 0 aliphatic heterocycles. The number of hydrogen-bond acceptors (Lipinski definition) is 1. The number of hydrogen-bond donors (Lipinski definition) is 0. The van der Waals surface area contributed by atoms with E-state index >= 15 is 0 Å². The van der Waals surface area contributed by atoms with Gasteiger partial charge in [0.2, 0.25) is 5.91 Å². The van der Waals surface area contributed by atoms with Crippen LogP contribution in [-0.4, -0.2) is 10.5 Å². The summed E-state index contributed by atoms with van der Waals surface area (Å²) < 4.78 is 42.1. The van der Waals surface area contributed by atoms with E-state index in [0.29, 0.717) is 5.02 Å². The van der Waals surface area contributed by atoms with E-state index < -0.39 is 17.6 Å². The Morgan fingerprint density at radius 1 is 1.04 bits per heavy atom. The average molecular weight is 338 g/mol.